The van der Waals surface area contributed by atoms with Crippen LogP contribution in [0.25, 0.3) is 0 Å². The van der Waals surface area contributed by atoms with Crippen LogP contribution in [-0.2, 0) is 4.74 Å². The van der Waals surface area contributed by atoms with Gasteiger partial charge < -0.3 is 4.74 Å². The number of nitriles is 2. The van der Waals surface area contributed by atoms with Gasteiger partial charge in [0, 0.05) is 11.2 Å². The van der Waals surface area contributed by atoms with Crippen molar-refractivity contribution < 1.29 is 9.73 Å². The first-order valence-corrected chi connectivity index (χ1v) is 8.58. The van der Waals surface area contributed by atoms with Gasteiger partial charge in [-0.15, -0.1) is 0 Å². The Morgan fingerprint density at radius 3 is 2.38 bits per heavy atom. The van der Waals surface area contributed by atoms with E-state index in [1.54, 1.807) is 11.8 Å². The van der Waals surface area contributed by atoms with Crippen molar-refractivity contribution in [2.75, 3.05) is 12.4 Å². The molecule has 0 aromatic rings. The number of amidine groups is 1. The summed E-state index contributed by atoms with van der Waals surface area (Å²) < 4.78 is 5.97. The second-order valence-electron chi connectivity index (χ2n) is 6.16. The van der Waals surface area contributed by atoms with Gasteiger partial charge in [-0.2, -0.15) is 10.5 Å². The Morgan fingerprint density at radius 1 is 1.29 bits per heavy atom. The van der Waals surface area contributed by atoms with Gasteiger partial charge in [-0.3, -0.25) is 5.73 Å². The second-order valence-corrected chi connectivity index (χ2v) is 7.43. The average molecular weight is 305 g/mol. The van der Waals surface area contributed by atoms with Crippen LogP contribution >= 0.6 is 11.8 Å². The minimum absolute atomic E-state index is 0.389. The van der Waals surface area contributed by atoms with Crippen LogP contribution < -0.4 is 10.7 Å². The Bertz CT molecular complexity index is 577. The van der Waals surface area contributed by atoms with E-state index in [4.69, 9.17) is 10.5 Å². The van der Waals surface area contributed by atoms with E-state index in [9.17, 15) is 10.5 Å². The van der Waals surface area contributed by atoms with E-state index < -0.39 is 15.9 Å². The third kappa shape index (κ3) is 1.18. The summed E-state index contributed by atoms with van der Waals surface area (Å²) in [7, 11) is 0. The third-order valence-electron chi connectivity index (χ3n) is 5.52. The second kappa shape index (κ2) is 4.38. The molecule has 3 aliphatic rings. The molecule has 0 amide bonds. The van der Waals surface area contributed by atoms with E-state index in [2.05, 4.69) is 31.0 Å². The van der Waals surface area contributed by atoms with Gasteiger partial charge in [0.05, 0.1) is 18.7 Å². The van der Waals surface area contributed by atoms with Crippen molar-refractivity contribution in [3.8, 4) is 12.1 Å². The van der Waals surface area contributed by atoms with Gasteiger partial charge in [0.15, 0.2) is 10.8 Å². The van der Waals surface area contributed by atoms with E-state index in [1.807, 2.05) is 0 Å². The molecule has 21 heavy (non-hydrogen) atoms. The number of nitrogens with one attached hydrogen (secondary N) is 1. The van der Waals surface area contributed by atoms with Gasteiger partial charge in [-0.05, 0) is 12.8 Å². The highest BCUT2D eigenvalue weighted by molar-refractivity contribution is 8.00. The van der Waals surface area contributed by atoms with Crippen LogP contribution in [0.1, 0.15) is 39.5 Å². The lowest BCUT2D eigenvalue weighted by Gasteiger charge is -2.29. The van der Waals surface area contributed by atoms with Crippen LogP contribution in [0.4, 0.5) is 0 Å². The zero-order chi connectivity index (χ0) is 15.4. The maximum Gasteiger partial charge on any atom is 0.277 e. The van der Waals surface area contributed by atoms with Crippen molar-refractivity contribution >= 4 is 17.6 Å². The average Bonchev–Trinajstić information content (AvgIpc) is 2.76. The largest absolute Gasteiger partial charge is 0.327 e. The maximum absolute atomic E-state index is 10.1. The summed E-state index contributed by atoms with van der Waals surface area (Å²) in [5, 5.41) is 19.2. The van der Waals surface area contributed by atoms with E-state index in [-0.39, 0.29) is 5.41 Å². The van der Waals surface area contributed by atoms with Gasteiger partial charge in [0.2, 0.25) is 0 Å². The molecule has 1 spiro atoms. The summed E-state index contributed by atoms with van der Waals surface area (Å²) in [6, 6.07) is 4.93. The minimum atomic E-state index is -0.919. The van der Waals surface area contributed by atoms with Crippen molar-refractivity contribution in [1.29, 1.82) is 10.5 Å². The van der Waals surface area contributed by atoms with Gasteiger partial charge >= 0.3 is 0 Å². The molecule has 0 aromatic carbocycles. The molecule has 3 N–H and O–H groups in total. The Morgan fingerprint density at radius 2 is 1.95 bits per heavy atom. The first kappa shape index (κ1) is 14.7. The predicted molar refractivity (Wildman–Crippen MR) is 79.6 cm³/mol. The maximum atomic E-state index is 10.1. The molecule has 1 aliphatic carbocycles. The number of rotatable bonds is 4. The molecule has 0 aromatic heterocycles. The fraction of sp³-hybridized carbons (Fsp3) is 0.800. The molecule has 2 aliphatic heterocycles. The highest BCUT2D eigenvalue weighted by Crippen LogP contribution is 2.86. The Balaban J connectivity index is 2.23. The van der Waals surface area contributed by atoms with Crippen LogP contribution in [0.5, 0.6) is 0 Å². The fourth-order valence-corrected chi connectivity index (χ4v) is 6.44. The standard InChI is InChI=1S/C15H20N4OS/c1-3-5-12(6-4-2)13(9-16)11(18)19-15(14(12,13)10-17)20-7-8-21-15/h3-8H2,1-2H3,(H2,18,19)/p+1/t13-,14+,15-/m1/s1. The van der Waals surface area contributed by atoms with E-state index in [1.165, 1.54) is 0 Å². The summed E-state index contributed by atoms with van der Waals surface area (Å²) in [5.41, 5.74) is 4.07. The number of nitrogens with zero attached hydrogens (tertiary/aromatic N) is 2. The highest BCUT2D eigenvalue weighted by atomic mass is 32.2. The molecule has 1 saturated carbocycles. The highest BCUT2D eigenvalue weighted by Gasteiger charge is 3.02. The topological polar surface area (TPSA) is 96.8 Å². The third-order valence-corrected chi connectivity index (χ3v) is 6.82. The summed E-state index contributed by atoms with van der Waals surface area (Å²) in [5.74, 6) is 1.25. The van der Waals surface area contributed by atoms with Gasteiger partial charge in [0.1, 0.15) is 0 Å². The van der Waals surface area contributed by atoms with Crippen molar-refractivity contribution in [2.24, 2.45) is 22.0 Å². The smallest absolute Gasteiger partial charge is 0.277 e. The Kier molecular flexibility index (Phi) is 3.06. The number of fused-ring (bicyclic) bond motifs is 2. The zero-order valence-corrected chi connectivity index (χ0v) is 13.3. The normalized spacial score (nSPS) is 42.2. The van der Waals surface area contributed by atoms with E-state index in [0.717, 1.165) is 31.4 Å². The number of hydrogen-bond donors (Lipinski definition) is 2. The first-order chi connectivity index (χ1) is 10.1. The summed E-state index contributed by atoms with van der Waals surface area (Å²) >= 11 is 1.59. The number of hydrogen-bond acceptors (Lipinski definition) is 5. The summed E-state index contributed by atoms with van der Waals surface area (Å²) in [4.78, 5) is 3.17. The molecule has 3 rings (SSSR count). The van der Waals surface area contributed by atoms with Gasteiger partial charge in [-0.25, -0.2) is 4.99 Å². The summed E-state index contributed by atoms with van der Waals surface area (Å²) in [6.07, 6.45) is 3.52. The van der Waals surface area contributed by atoms with E-state index in [0.29, 0.717) is 12.4 Å². The number of ether oxygens (including phenoxy) is 1. The van der Waals surface area contributed by atoms with Gasteiger partial charge in [-0.1, -0.05) is 38.5 Å². The Labute approximate surface area is 129 Å². The fourth-order valence-electron chi connectivity index (χ4n) is 5.02. The lowest BCUT2D eigenvalue weighted by atomic mass is 9.82. The predicted octanol–water partition coefficient (Wildman–Crippen LogP) is 0.475. The zero-order valence-electron chi connectivity index (χ0n) is 12.5. The van der Waals surface area contributed by atoms with Crippen molar-refractivity contribution in [3.05, 3.63) is 0 Å². The molecule has 0 bridgehead atoms. The molecule has 2 heterocycles. The van der Waals surface area contributed by atoms with E-state index >= 15 is 0 Å². The van der Waals surface area contributed by atoms with Crippen LogP contribution in [0.15, 0.2) is 0 Å². The van der Waals surface area contributed by atoms with Crippen molar-refractivity contribution in [1.82, 2.24) is 0 Å². The lowest BCUT2D eigenvalue weighted by molar-refractivity contribution is -0.585. The van der Waals surface area contributed by atoms with Crippen LogP contribution in [0, 0.1) is 38.9 Å². The van der Waals surface area contributed by atoms with Crippen molar-refractivity contribution in [3.63, 3.8) is 0 Å². The summed E-state index contributed by atoms with van der Waals surface area (Å²) in [6.45, 7) is 4.78. The molecular weight excluding hydrogens is 284 g/mol. The van der Waals surface area contributed by atoms with Crippen LogP contribution in [0.3, 0.4) is 0 Å². The minimum Gasteiger partial charge on any atom is -0.327 e. The molecular formula is C15H21N4OS+. The number of nitrogens with two attached hydrogens (primary N) is 1. The molecule has 2 fully saturated rings. The molecule has 5 nitrogen and oxygen atoms in total. The number of thioether (sulfide) groups is 1. The molecule has 3 atom stereocenters. The molecule has 0 unspecified atom stereocenters. The van der Waals surface area contributed by atoms with Crippen LogP contribution in [-0.4, -0.2) is 23.3 Å². The Hall–Kier alpha value is -1.24. The lowest BCUT2D eigenvalue weighted by Crippen LogP contribution is -2.88. The molecule has 112 valence electrons. The van der Waals surface area contributed by atoms with Crippen molar-refractivity contribution in [2.45, 2.75) is 44.6 Å². The SMILES string of the molecule is CCCC1(CCC)[C@]2(C#N)[C@@]3([NH+]=C(N)[C@]12C#N)OCCS3. The van der Waals surface area contributed by atoms with Crippen LogP contribution in [0.2, 0.25) is 0 Å². The molecule has 1 saturated heterocycles. The quantitative estimate of drug-likeness (QED) is 0.787. The molecule has 6 heteroatoms. The first-order valence-electron chi connectivity index (χ1n) is 7.59. The monoisotopic (exact) mass is 305 g/mol. The van der Waals surface area contributed by atoms with Gasteiger partial charge in [0.25, 0.3) is 10.9 Å². The molecule has 0 radical (unpaired) electrons.